The average Bonchev–Trinajstić information content (AvgIpc) is 3.10. The lowest BCUT2D eigenvalue weighted by Crippen LogP contribution is -2.43. The number of carbonyl (C=O) groups is 1. The van der Waals surface area contributed by atoms with Crippen molar-refractivity contribution in [2.75, 3.05) is 54.5 Å². The number of halogens is 2. The number of cyclic esters (lactones) is 1. The van der Waals surface area contributed by atoms with Crippen molar-refractivity contribution in [2.24, 2.45) is 11.6 Å². The minimum atomic E-state index is -0.758. The Labute approximate surface area is 218 Å². The van der Waals surface area contributed by atoms with Crippen LogP contribution in [0.1, 0.15) is 0 Å². The maximum Gasteiger partial charge on any atom is 0.414 e. The summed E-state index contributed by atoms with van der Waals surface area (Å²) >= 11 is 0. The van der Waals surface area contributed by atoms with Gasteiger partial charge in [-0.3, -0.25) is 9.88 Å². The molecule has 1 aromatic heterocycles. The third-order valence-corrected chi connectivity index (χ3v) is 6.34. The molecule has 5 rings (SSSR count). The van der Waals surface area contributed by atoms with Gasteiger partial charge in [0.2, 0.25) is 0 Å². The molecule has 0 radical (unpaired) electrons. The number of amides is 1. The van der Waals surface area contributed by atoms with E-state index >= 15 is 8.78 Å². The highest BCUT2D eigenvalue weighted by Crippen LogP contribution is 2.31. The molecule has 2 aliphatic rings. The number of nitrogens with one attached hydrogen (secondary N) is 2. The lowest BCUT2D eigenvalue weighted by Gasteiger charge is -2.25. The highest BCUT2D eigenvalue weighted by molar-refractivity contribution is 5.90. The number of benzene rings is 2. The van der Waals surface area contributed by atoms with Crippen molar-refractivity contribution in [3.05, 3.63) is 72.7 Å². The topological polar surface area (TPSA) is 128 Å². The zero-order valence-corrected chi connectivity index (χ0v) is 20.6. The second-order valence-electron chi connectivity index (χ2n) is 8.98. The highest BCUT2D eigenvalue weighted by atomic mass is 19.1. The summed E-state index contributed by atoms with van der Waals surface area (Å²) in [6.45, 7) is 1.91. The number of hydrogen-bond acceptors (Lipinski definition) is 10. The molecule has 3 heterocycles. The van der Waals surface area contributed by atoms with E-state index in [0.717, 1.165) is 28.7 Å². The number of ether oxygens (including phenoxy) is 1. The molecule has 2 aromatic carbocycles. The minimum Gasteiger partial charge on any atom is -0.442 e. The van der Waals surface area contributed by atoms with Crippen molar-refractivity contribution in [3.63, 3.8) is 0 Å². The van der Waals surface area contributed by atoms with E-state index in [4.69, 9.17) is 16.3 Å². The number of hydrazine groups is 3. The van der Waals surface area contributed by atoms with Gasteiger partial charge in [-0.1, -0.05) is 6.07 Å². The molecule has 1 amide bonds. The van der Waals surface area contributed by atoms with Crippen LogP contribution in [0.25, 0.3) is 10.9 Å². The number of rotatable bonds is 7. The van der Waals surface area contributed by atoms with Crippen LogP contribution in [0.5, 0.6) is 0 Å². The van der Waals surface area contributed by atoms with Gasteiger partial charge in [-0.05, 0) is 24.3 Å². The van der Waals surface area contributed by atoms with E-state index in [1.165, 1.54) is 22.3 Å². The first kappa shape index (κ1) is 25.4. The molecule has 6 N–H and O–H groups in total. The Morgan fingerprint density at radius 1 is 1.18 bits per heavy atom. The summed E-state index contributed by atoms with van der Waals surface area (Å²) in [4.78, 5) is 19.5. The molecule has 0 aliphatic carbocycles. The summed E-state index contributed by atoms with van der Waals surface area (Å²) in [5.41, 5.74) is 13.5. The fraction of sp³-hybridized carbons (Fsp3) is 0.280. The van der Waals surface area contributed by atoms with E-state index in [1.807, 2.05) is 30.3 Å². The lowest BCUT2D eigenvalue weighted by molar-refractivity contribution is 0.122. The van der Waals surface area contributed by atoms with Gasteiger partial charge in [0.1, 0.15) is 11.8 Å². The number of anilines is 3. The zero-order chi connectivity index (χ0) is 26.6. The standard InChI is InChI=1S/C25H29F2N9O2/c26-21-13-19(35-16-20(38-25(35)37)15-34(29)8-5-28)14-22(27)24(21)33-9-7-31-36(11-10-33)32-18-3-4-23-17(12-18)2-1-6-30-23/h1-6,8,12-14,20,31-32H,7,9-11,15-16,28-29H2/b8-5-/t20-/m0/s1. The molecular weight excluding hydrogens is 496 g/mol. The predicted molar refractivity (Wildman–Crippen MR) is 140 cm³/mol. The van der Waals surface area contributed by atoms with Gasteiger partial charge in [0.05, 0.1) is 36.5 Å². The van der Waals surface area contributed by atoms with E-state index in [9.17, 15) is 4.79 Å². The van der Waals surface area contributed by atoms with Gasteiger partial charge in [-0.15, -0.1) is 0 Å². The van der Waals surface area contributed by atoms with Crippen LogP contribution in [0.15, 0.2) is 61.1 Å². The molecule has 2 fully saturated rings. The molecule has 0 spiro atoms. The Morgan fingerprint density at radius 3 is 2.79 bits per heavy atom. The zero-order valence-electron chi connectivity index (χ0n) is 20.6. The van der Waals surface area contributed by atoms with E-state index in [0.29, 0.717) is 26.2 Å². The minimum absolute atomic E-state index is 0.0798. The SMILES string of the molecule is N/C=C\N(N)C[C@H]1CN(c2cc(F)c(N3CCNN(Nc4ccc5ncccc5c4)CC3)c(F)c2)C(=O)O1. The number of pyridine rings is 1. The fourth-order valence-electron chi connectivity index (χ4n) is 4.60. The first-order valence-electron chi connectivity index (χ1n) is 12.2. The molecule has 2 saturated heterocycles. The van der Waals surface area contributed by atoms with Crippen molar-refractivity contribution < 1.29 is 18.3 Å². The van der Waals surface area contributed by atoms with Gasteiger partial charge in [-0.2, -0.15) is 5.12 Å². The van der Waals surface area contributed by atoms with Crippen LogP contribution in [0.2, 0.25) is 0 Å². The van der Waals surface area contributed by atoms with Crippen LogP contribution in [-0.2, 0) is 4.74 Å². The second kappa shape index (κ2) is 11.0. The Bertz CT molecular complexity index is 1320. The van der Waals surface area contributed by atoms with E-state index in [2.05, 4.69) is 15.8 Å². The molecule has 13 heteroatoms. The van der Waals surface area contributed by atoms with Gasteiger partial charge in [-0.25, -0.2) is 24.8 Å². The number of nitrogens with zero attached hydrogens (tertiary/aromatic N) is 5. The molecule has 200 valence electrons. The monoisotopic (exact) mass is 525 g/mol. The van der Waals surface area contributed by atoms with Crippen LogP contribution < -0.4 is 32.2 Å². The summed E-state index contributed by atoms with van der Waals surface area (Å²) in [5.74, 6) is 4.23. The quantitative estimate of drug-likeness (QED) is 0.269. The lowest BCUT2D eigenvalue weighted by atomic mass is 10.2. The third-order valence-electron chi connectivity index (χ3n) is 6.34. The number of nitrogens with two attached hydrogens (primary N) is 2. The molecule has 0 unspecified atom stereocenters. The molecular formula is C25H29F2N9O2. The maximum absolute atomic E-state index is 15.2. The van der Waals surface area contributed by atoms with Crippen LogP contribution in [-0.4, -0.2) is 66.6 Å². The largest absolute Gasteiger partial charge is 0.442 e. The Morgan fingerprint density at radius 2 is 2.00 bits per heavy atom. The van der Waals surface area contributed by atoms with Crippen LogP contribution in [0.3, 0.4) is 0 Å². The van der Waals surface area contributed by atoms with Crippen molar-refractivity contribution in [1.82, 2.24) is 20.5 Å². The summed E-state index contributed by atoms with van der Waals surface area (Å²) in [6.07, 6.45) is 3.15. The smallest absolute Gasteiger partial charge is 0.414 e. The molecule has 1 atom stereocenters. The van der Waals surface area contributed by atoms with Crippen LogP contribution in [0.4, 0.5) is 30.6 Å². The number of aromatic nitrogens is 1. The summed E-state index contributed by atoms with van der Waals surface area (Å²) in [5, 5.41) is 4.07. The van der Waals surface area contributed by atoms with E-state index in [1.54, 1.807) is 16.2 Å². The fourth-order valence-corrected chi connectivity index (χ4v) is 4.60. The van der Waals surface area contributed by atoms with Crippen molar-refractivity contribution in [3.8, 4) is 0 Å². The van der Waals surface area contributed by atoms with Gasteiger partial charge in [0.15, 0.2) is 11.6 Å². The Kier molecular flexibility index (Phi) is 7.40. The number of fused-ring (bicyclic) bond motifs is 1. The van der Waals surface area contributed by atoms with Crippen LogP contribution in [0, 0.1) is 11.6 Å². The van der Waals surface area contributed by atoms with Crippen LogP contribution >= 0.6 is 0 Å². The van der Waals surface area contributed by atoms with Gasteiger partial charge < -0.3 is 25.8 Å². The van der Waals surface area contributed by atoms with Crippen molar-refractivity contribution >= 4 is 34.1 Å². The third kappa shape index (κ3) is 5.54. The molecule has 38 heavy (non-hydrogen) atoms. The molecule has 0 saturated carbocycles. The summed E-state index contributed by atoms with van der Waals surface area (Å²) in [6, 6.07) is 12.0. The average molecular weight is 526 g/mol. The first-order chi connectivity index (χ1) is 18.4. The first-order valence-corrected chi connectivity index (χ1v) is 12.2. The Hall–Kier alpha value is -4.20. The van der Waals surface area contributed by atoms with Gasteiger partial charge in [0.25, 0.3) is 0 Å². The van der Waals surface area contributed by atoms with Gasteiger partial charge in [0, 0.05) is 55.7 Å². The second-order valence-corrected chi connectivity index (χ2v) is 8.98. The maximum atomic E-state index is 15.2. The number of hydrogen-bond donors (Lipinski definition) is 4. The summed E-state index contributed by atoms with van der Waals surface area (Å²) < 4.78 is 35.8. The number of carbonyl (C=O) groups excluding carboxylic acids is 1. The van der Waals surface area contributed by atoms with Crippen molar-refractivity contribution in [2.45, 2.75) is 6.10 Å². The van der Waals surface area contributed by atoms with Crippen molar-refractivity contribution in [1.29, 1.82) is 0 Å². The molecule has 3 aromatic rings. The normalized spacial score (nSPS) is 18.7. The summed E-state index contributed by atoms with van der Waals surface area (Å²) in [7, 11) is 0. The van der Waals surface area contributed by atoms with Gasteiger partial charge >= 0.3 is 6.09 Å². The van der Waals surface area contributed by atoms with E-state index < -0.39 is 23.8 Å². The molecule has 0 bridgehead atoms. The van der Waals surface area contributed by atoms with E-state index in [-0.39, 0.29) is 24.5 Å². The molecule has 11 nitrogen and oxygen atoms in total. The Balaban J connectivity index is 1.24. The predicted octanol–water partition coefficient (Wildman–Crippen LogP) is 2.10. The molecule has 2 aliphatic heterocycles. The highest BCUT2D eigenvalue weighted by Gasteiger charge is 2.34.